The Morgan fingerprint density at radius 1 is 1.26 bits per heavy atom. The van der Waals surface area contributed by atoms with E-state index in [1.54, 1.807) is 36.5 Å². The highest BCUT2D eigenvalue weighted by molar-refractivity contribution is 6.38. The molecule has 112 valence electrons. The highest BCUT2D eigenvalue weighted by Gasteiger charge is 2.10. The van der Waals surface area contributed by atoms with Gasteiger partial charge in [0.1, 0.15) is 0 Å². The van der Waals surface area contributed by atoms with Crippen LogP contribution in [0.25, 0.3) is 10.9 Å². The summed E-state index contributed by atoms with van der Waals surface area (Å²) in [5.41, 5.74) is 8.43. The molecule has 0 fully saturated rings. The van der Waals surface area contributed by atoms with Gasteiger partial charge in [0.25, 0.3) is 0 Å². The Kier molecular flexibility index (Phi) is 3.83. The normalized spacial score (nSPS) is 11.0. The summed E-state index contributed by atoms with van der Waals surface area (Å²) >= 11 is 6.22. The van der Waals surface area contributed by atoms with Crippen LogP contribution in [0.1, 0.15) is 11.1 Å². The molecule has 0 spiro atoms. The molecule has 3 rings (SSSR count). The molecular weight excluding hydrogens is 312 g/mol. The van der Waals surface area contributed by atoms with Gasteiger partial charge in [-0.05, 0) is 23.8 Å². The lowest BCUT2D eigenvalue weighted by molar-refractivity contribution is 1.38. The van der Waals surface area contributed by atoms with E-state index in [9.17, 15) is 4.79 Å². The smallest absolute Gasteiger partial charge is 0.189 e. The first-order chi connectivity index (χ1) is 11.1. The van der Waals surface area contributed by atoms with Crippen molar-refractivity contribution in [2.24, 2.45) is 4.99 Å². The molecule has 2 aromatic carbocycles. The first kappa shape index (κ1) is 14.8. The van der Waals surface area contributed by atoms with Gasteiger partial charge in [-0.25, -0.2) is 0 Å². The number of pyridine rings is 1. The number of fused-ring (bicyclic) bond motifs is 1. The molecule has 0 radical (unpaired) electrons. The van der Waals surface area contributed by atoms with Crippen LogP contribution < -0.4 is 11.2 Å². The van der Waals surface area contributed by atoms with Gasteiger partial charge in [-0.2, -0.15) is 5.26 Å². The zero-order valence-corrected chi connectivity index (χ0v) is 12.6. The van der Waals surface area contributed by atoms with Gasteiger partial charge < -0.3 is 10.7 Å². The van der Waals surface area contributed by atoms with Crippen molar-refractivity contribution in [1.29, 1.82) is 5.26 Å². The van der Waals surface area contributed by atoms with Crippen LogP contribution in [0.15, 0.2) is 52.4 Å². The molecule has 0 saturated carbocycles. The van der Waals surface area contributed by atoms with E-state index in [2.05, 4.69) is 16.0 Å². The number of hydrogen-bond acceptors (Lipinski definition) is 4. The molecule has 0 bridgehead atoms. The lowest BCUT2D eigenvalue weighted by Crippen LogP contribution is -2.02. The molecule has 0 atom stereocenters. The van der Waals surface area contributed by atoms with Gasteiger partial charge in [0.15, 0.2) is 5.43 Å². The zero-order valence-electron chi connectivity index (χ0n) is 11.9. The van der Waals surface area contributed by atoms with Crippen molar-refractivity contribution in [2.75, 3.05) is 5.73 Å². The quantitative estimate of drug-likeness (QED) is 0.559. The SMILES string of the molecule is N#Cc1ccc(C=Nc2cc3c(=O)cc[nH]c3c(Cl)c2N)cc1. The van der Waals surface area contributed by atoms with E-state index in [-0.39, 0.29) is 10.5 Å². The zero-order chi connectivity index (χ0) is 16.4. The number of aromatic amines is 1. The van der Waals surface area contributed by atoms with Gasteiger partial charge in [-0.1, -0.05) is 23.7 Å². The lowest BCUT2D eigenvalue weighted by atomic mass is 10.1. The number of benzene rings is 2. The van der Waals surface area contributed by atoms with Gasteiger partial charge in [-0.15, -0.1) is 0 Å². The highest BCUT2D eigenvalue weighted by atomic mass is 35.5. The van der Waals surface area contributed by atoms with E-state index >= 15 is 0 Å². The van der Waals surface area contributed by atoms with Gasteiger partial charge >= 0.3 is 0 Å². The maximum atomic E-state index is 11.9. The number of H-pyrrole nitrogens is 1. The summed E-state index contributed by atoms with van der Waals surface area (Å²) in [4.78, 5) is 19.2. The average Bonchev–Trinajstić information content (AvgIpc) is 2.58. The molecule has 0 aliphatic heterocycles. The second-order valence-corrected chi connectivity index (χ2v) is 5.26. The van der Waals surface area contributed by atoms with E-state index in [1.807, 2.05) is 0 Å². The Morgan fingerprint density at radius 3 is 2.70 bits per heavy atom. The third-order valence-corrected chi connectivity index (χ3v) is 3.80. The summed E-state index contributed by atoms with van der Waals surface area (Å²) in [6.07, 6.45) is 3.13. The van der Waals surface area contributed by atoms with Crippen LogP contribution in [0, 0.1) is 11.3 Å². The summed E-state index contributed by atoms with van der Waals surface area (Å²) in [7, 11) is 0. The Morgan fingerprint density at radius 2 is 2.00 bits per heavy atom. The number of halogens is 1. The number of nitrogens with two attached hydrogens (primary N) is 1. The van der Waals surface area contributed by atoms with Gasteiger partial charge in [0.05, 0.1) is 33.5 Å². The van der Waals surface area contributed by atoms with Crippen LogP contribution in [0.5, 0.6) is 0 Å². The molecule has 5 nitrogen and oxygen atoms in total. The van der Waals surface area contributed by atoms with Gasteiger partial charge in [0.2, 0.25) is 0 Å². The van der Waals surface area contributed by atoms with Crippen LogP contribution in [0.2, 0.25) is 5.02 Å². The summed E-state index contributed by atoms with van der Waals surface area (Å²) < 4.78 is 0. The first-order valence-electron chi connectivity index (χ1n) is 6.74. The minimum absolute atomic E-state index is 0.157. The fourth-order valence-electron chi connectivity index (χ4n) is 2.17. The summed E-state index contributed by atoms with van der Waals surface area (Å²) in [6.45, 7) is 0. The molecule has 0 unspecified atom stereocenters. The van der Waals surface area contributed by atoms with Crippen LogP contribution in [-0.2, 0) is 0 Å². The van der Waals surface area contributed by atoms with E-state index < -0.39 is 0 Å². The second kappa shape index (κ2) is 5.95. The largest absolute Gasteiger partial charge is 0.396 e. The summed E-state index contributed by atoms with van der Waals surface area (Å²) in [5.74, 6) is 0. The van der Waals surface area contributed by atoms with E-state index in [1.165, 1.54) is 12.3 Å². The molecule has 0 saturated heterocycles. The van der Waals surface area contributed by atoms with E-state index in [4.69, 9.17) is 22.6 Å². The van der Waals surface area contributed by atoms with Crippen molar-refractivity contribution in [2.45, 2.75) is 0 Å². The topological polar surface area (TPSA) is 95.0 Å². The Labute approximate surface area is 136 Å². The molecule has 0 aliphatic carbocycles. The first-order valence-corrected chi connectivity index (χ1v) is 7.11. The number of aliphatic imine (C=N–C) groups is 1. The Hall–Kier alpha value is -3.10. The monoisotopic (exact) mass is 322 g/mol. The lowest BCUT2D eigenvalue weighted by Gasteiger charge is -2.06. The standard InChI is InChI=1S/C17H11ClN4O/c18-15-16(20)13(7-12-14(23)5-6-21-17(12)15)22-9-11-3-1-10(8-19)2-4-11/h1-7,9H,20H2,(H,21,23). The van der Waals surface area contributed by atoms with Crippen LogP contribution >= 0.6 is 11.6 Å². The molecule has 1 heterocycles. The maximum Gasteiger partial charge on any atom is 0.189 e. The van der Waals surface area contributed by atoms with E-state index in [0.717, 1.165) is 5.56 Å². The Bertz CT molecular complexity index is 1010. The number of nitrogen functional groups attached to an aromatic ring is 1. The number of anilines is 1. The molecule has 6 heteroatoms. The molecule has 3 aromatic rings. The number of aromatic nitrogens is 1. The fourth-order valence-corrected chi connectivity index (χ4v) is 2.43. The number of nitrogens with one attached hydrogen (secondary N) is 1. The van der Waals surface area contributed by atoms with Crippen molar-refractivity contribution in [3.63, 3.8) is 0 Å². The highest BCUT2D eigenvalue weighted by Crippen LogP contribution is 2.34. The number of nitriles is 1. The molecule has 3 N–H and O–H groups in total. The van der Waals surface area contributed by atoms with Crippen LogP contribution in [0.3, 0.4) is 0 Å². The van der Waals surface area contributed by atoms with Crippen molar-refractivity contribution in [3.8, 4) is 6.07 Å². The minimum Gasteiger partial charge on any atom is -0.396 e. The van der Waals surface area contributed by atoms with Crippen molar-refractivity contribution < 1.29 is 0 Å². The molecule has 23 heavy (non-hydrogen) atoms. The van der Waals surface area contributed by atoms with E-state index in [0.29, 0.717) is 27.8 Å². The van der Waals surface area contributed by atoms with Crippen LogP contribution in [0.4, 0.5) is 11.4 Å². The summed E-state index contributed by atoms with van der Waals surface area (Å²) in [5, 5.41) is 9.48. The third kappa shape index (κ3) is 2.80. The van der Waals surface area contributed by atoms with Gasteiger partial charge in [0, 0.05) is 23.9 Å². The minimum atomic E-state index is -0.157. The average molecular weight is 323 g/mol. The molecule has 0 amide bonds. The van der Waals surface area contributed by atoms with Crippen LogP contribution in [-0.4, -0.2) is 11.2 Å². The predicted molar refractivity (Wildman–Crippen MR) is 92.4 cm³/mol. The number of nitrogens with zero attached hydrogens (tertiary/aromatic N) is 2. The summed E-state index contributed by atoms with van der Waals surface area (Å²) in [6, 6.07) is 12.0. The second-order valence-electron chi connectivity index (χ2n) is 4.88. The van der Waals surface area contributed by atoms with Crippen molar-refractivity contribution >= 4 is 40.1 Å². The van der Waals surface area contributed by atoms with Gasteiger partial charge in [-0.3, -0.25) is 9.79 Å². The molecule has 0 aliphatic rings. The van der Waals surface area contributed by atoms with Crippen molar-refractivity contribution in [3.05, 3.63) is 69.0 Å². The van der Waals surface area contributed by atoms with Crippen molar-refractivity contribution in [1.82, 2.24) is 4.98 Å². The number of hydrogen-bond donors (Lipinski definition) is 2. The third-order valence-electron chi connectivity index (χ3n) is 3.40. The molecule has 1 aromatic heterocycles. The Balaban J connectivity index is 2.07. The predicted octanol–water partition coefficient (Wildman–Crippen LogP) is 3.39. The fraction of sp³-hybridized carbons (Fsp3) is 0. The molecular formula is C17H11ClN4O. The number of rotatable bonds is 2. The maximum absolute atomic E-state index is 11.9.